The number of para-hydroxylation sites is 1. The van der Waals surface area contributed by atoms with Gasteiger partial charge in [-0.3, -0.25) is 0 Å². The van der Waals surface area contributed by atoms with E-state index in [0.717, 1.165) is 28.8 Å². The van der Waals surface area contributed by atoms with E-state index in [2.05, 4.69) is 10.6 Å². The number of nitrogens with zero attached hydrogens (tertiary/aromatic N) is 1. The van der Waals surface area contributed by atoms with Gasteiger partial charge < -0.3 is 10.6 Å². The quantitative estimate of drug-likeness (QED) is 0.358. The standard InChI is InChI=1S/C17H9ClF3N3S2/c18-11-6-5-9(17(19,20)21)7-13(11)23-15(25)10(8-22)16-24-12-3-1-2-4-14(12)26-16/h1-7,24H,(H,23,25). The summed E-state index contributed by atoms with van der Waals surface area (Å²) in [5, 5.41) is 15.8. The van der Waals surface area contributed by atoms with Crippen LogP contribution >= 0.6 is 35.6 Å². The number of benzene rings is 2. The smallest absolute Gasteiger partial charge is 0.348 e. The van der Waals surface area contributed by atoms with Gasteiger partial charge in [0, 0.05) is 4.90 Å². The molecule has 0 atom stereocenters. The molecule has 9 heteroatoms. The molecule has 0 aliphatic carbocycles. The zero-order valence-corrected chi connectivity index (χ0v) is 15.2. The van der Waals surface area contributed by atoms with E-state index in [-0.39, 0.29) is 21.3 Å². The van der Waals surface area contributed by atoms with Crippen molar-refractivity contribution in [3.8, 4) is 6.07 Å². The van der Waals surface area contributed by atoms with Crippen molar-refractivity contribution >= 4 is 51.9 Å². The van der Waals surface area contributed by atoms with E-state index in [1.165, 1.54) is 11.8 Å². The minimum atomic E-state index is -4.51. The first kappa shape index (κ1) is 18.6. The minimum absolute atomic E-state index is 0.0136. The Balaban J connectivity index is 1.88. The fraction of sp³-hybridized carbons (Fsp3) is 0.0588. The second kappa shape index (κ2) is 7.19. The van der Waals surface area contributed by atoms with E-state index >= 15 is 0 Å². The molecule has 2 aromatic carbocycles. The molecule has 0 bridgehead atoms. The summed E-state index contributed by atoms with van der Waals surface area (Å²) < 4.78 is 38.6. The first-order chi connectivity index (χ1) is 12.3. The van der Waals surface area contributed by atoms with Crippen molar-refractivity contribution in [2.75, 3.05) is 10.6 Å². The SMILES string of the molecule is N#CC(C(=S)Nc1cc(C(F)(F)F)ccc1Cl)=C1Nc2ccccc2S1. The Bertz CT molecular complexity index is 937. The van der Waals surface area contributed by atoms with E-state index in [0.29, 0.717) is 5.03 Å². The Morgan fingerprint density at radius 2 is 1.96 bits per heavy atom. The number of thiocarbonyl (C=S) groups is 1. The minimum Gasteiger partial charge on any atom is -0.348 e. The lowest BCUT2D eigenvalue weighted by Crippen LogP contribution is -2.15. The average molecular weight is 412 g/mol. The van der Waals surface area contributed by atoms with Crippen molar-refractivity contribution in [3.05, 3.63) is 63.7 Å². The summed E-state index contributed by atoms with van der Waals surface area (Å²) in [6, 6.07) is 12.3. The van der Waals surface area contributed by atoms with Gasteiger partial charge >= 0.3 is 6.18 Å². The predicted octanol–water partition coefficient (Wildman–Crippen LogP) is 6.05. The van der Waals surface area contributed by atoms with Crippen molar-refractivity contribution in [1.29, 1.82) is 5.26 Å². The molecule has 0 unspecified atom stereocenters. The van der Waals surface area contributed by atoms with Gasteiger partial charge in [-0.05, 0) is 30.3 Å². The summed E-state index contributed by atoms with van der Waals surface area (Å²) in [5.41, 5.74) is 0.0781. The first-order valence-electron chi connectivity index (χ1n) is 7.16. The van der Waals surface area contributed by atoms with Crippen LogP contribution in [0.25, 0.3) is 0 Å². The molecular formula is C17H9ClF3N3S2. The Hall–Kier alpha value is -2.21. The molecule has 3 rings (SSSR count). The van der Waals surface area contributed by atoms with E-state index < -0.39 is 11.7 Å². The third-order valence-corrected chi connectivity index (χ3v) is 5.18. The highest BCUT2D eigenvalue weighted by molar-refractivity contribution is 8.03. The lowest BCUT2D eigenvalue weighted by Gasteiger charge is -2.13. The number of rotatable bonds is 2. The van der Waals surface area contributed by atoms with Crippen LogP contribution in [0.3, 0.4) is 0 Å². The first-order valence-corrected chi connectivity index (χ1v) is 8.76. The molecule has 0 saturated heterocycles. The summed E-state index contributed by atoms with van der Waals surface area (Å²) in [7, 11) is 0. The Morgan fingerprint density at radius 1 is 1.23 bits per heavy atom. The van der Waals surface area contributed by atoms with Crippen LogP contribution in [0.4, 0.5) is 24.5 Å². The van der Waals surface area contributed by atoms with Crippen LogP contribution in [0, 0.1) is 11.3 Å². The topological polar surface area (TPSA) is 47.9 Å². The zero-order valence-electron chi connectivity index (χ0n) is 12.8. The second-order valence-corrected chi connectivity index (χ2v) is 7.05. The van der Waals surface area contributed by atoms with Crippen molar-refractivity contribution < 1.29 is 13.2 Å². The number of hydrogen-bond acceptors (Lipinski definition) is 4. The van der Waals surface area contributed by atoms with E-state index in [4.69, 9.17) is 23.8 Å². The van der Waals surface area contributed by atoms with Crippen LogP contribution in [-0.4, -0.2) is 4.99 Å². The molecule has 26 heavy (non-hydrogen) atoms. The van der Waals surface area contributed by atoms with Crippen LogP contribution in [0.15, 0.2) is 58.0 Å². The summed E-state index contributed by atoms with van der Waals surface area (Å²) in [6.07, 6.45) is -4.51. The maximum atomic E-state index is 12.9. The normalized spacial score (nSPS) is 14.9. The van der Waals surface area contributed by atoms with Crippen molar-refractivity contribution in [2.24, 2.45) is 0 Å². The number of nitriles is 1. The van der Waals surface area contributed by atoms with E-state index in [1.807, 2.05) is 30.3 Å². The fourth-order valence-electron chi connectivity index (χ4n) is 2.22. The molecular weight excluding hydrogens is 403 g/mol. The van der Waals surface area contributed by atoms with Gasteiger partial charge in [0.15, 0.2) is 0 Å². The number of alkyl halides is 3. The highest BCUT2D eigenvalue weighted by atomic mass is 35.5. The van der Waals surface area contributed by atoms with Crippen LogP contribution in [0.1, 0.15) is 5.56 Å². The lowest BCUT2D eigenvalue weighted by atomic mass is 10.2. The highest BCUT2D eigenvalue weighted by Crippen LogP contribution is 2.42. The molecule has 3 nitrogen and oxygen atoms in total. The fourth-order valence-corrected chi connectivity index (χ4v) is 3.71. The largest absolute Gasteiger partial charge is 0.416 e. The summed E-state index contributed by atoms with van der Waals surface area (Å²) >= 11 is 12.5. The van der Waals surface area contributed by atoms with Crippen molar-refractivity contribution in [2.45, 2.75) is 11.1 Å². The molecule has 132 valence electrons. The molecule has 0 amide bonds. The van der Waals surface area contributed by atoms with Gasteiger partial charge in [-0.2, -0.15) is 18.4 Å². The van der Waals surface area contributed by atoms with Gasteiger partial charge in [-0.25, -0.2) is 0 Å². The molecule has 0 spiro atoms. The predicted molar refractivity (Wildman–Crippen MR) is 101 cm³/mol. The van der Waals surface area contributed by atoms with Gasteiger partial charge in [0.2, 0.25) is 0 Å². The molecule has 0 aromatic heterocycles. The molecule has 1 heterocycles. The number of thioether (sulfide) groups is 1. The Morgan fingerprint density at radius 3 is 2.62 bits per heavy atom. The van der Waals surface area contributed by atoms with Gasteiger partial charge in [0.05, 0.1) is 27.0 Å². The Kier molecular flexibility index (Phi) is 5.14. The number of hydrogen-bond donors (Lipinski definition) is 2. The molecule has 1 aliphatic rings. The maximum Gasteiger partial charge on any atom is 0.416 e. The second-order valence-electron chi connectivity index (χ2n) is 5.19. The summed E-state index contributed by atoms with van der Waals surface area (Å²) in [4.78, 5) is 0.909. The van der Waals surface area contributed by atoms with Crippen LogP contribution < -0.4 is 10.6 Å². The monoisotopic (exact) mass is 411 g/mol. The molecule has 0 saturated carbocycles. The molecule has 0 fully saturated rings. The molecule has 0 radical (unpaired) electrons. The molecule has 2 aromatic rings. The maximum absolute atomic E-state index is 12.9. The van der Waals surface area contributed by atoms with Crippen molar-refractivity contribution in [1.82, 2.24) is 0 Å². The van der Waals surface area contributed by atoms with Crippen molar-refractivity contribution in [3.63, 3.8) is 0 Å². The third-order valence-electron chi connectivity index (χ3n) is 3.46. The summed E-state index contributed by atoms with van der Waals surface area (Å²) in [6.45, 7) is 0. The molecule has 1 aliphatic heterocycles. The van der Waals surface area contributed by atoms with E-state index in [1.54, 1.807) is 0 Å². The number of anilines is 2. The number of fused-ring (bicyclic) bond motifs is 1. The zero-order chi connectivity index (χ0) is 18.9. The average Bonchev–Trinajstić information content (AvgIpc) is 3.00. The van der Waals surface area contributed by atoms with Gasteiger partial charge in [-0.1, -0.05) is 47.7 Å². The van der Waals surface area contributed by atoms with Gasteiger partial charge in [0.1, 0.15) is 16.6 Å². The molecule has 2 N–H and O–H groups in total. The van der Waals surface area contributed by atoms with Crippen LogP contribution in [0.5, 0.6) is 0 Å². The number of halogens is 4. The van der Waals surface area contributed by atoms with Crippen LogP contribution in [-0.2, 0) is 6.18 Å². The van der Waals surface area contributed by atoms with E-state index in [9.17, 15) is 18.4 Å². The number of nitrogens with one attached hydrogen (secondary N) is 2. The highest BCUT2D eigenvalue weighted by Gasteiger charge is 2.31. The lowest BCUT2D eigenvalue weighted by molar-refractivity contribution is -0.137. The summed E-state index contributed by atoms with van der Waals surface area (Å²) in [5.74, 6) is 0. The van der Waals surface area contributed by atoms with Gasteiger partial charge in [-0.15, -0.1) is 0 Å². The van der Waals surface area contributed by atoms with Gasteiger partial charge in [0.25, 0.3) is 0 Å². The Labute approximate surface area is 161 Å². The third kappa shape index (κ3) is 3.80. The van der Waals surface area contributed by atoms with Crippen LogP contribution in [0.2, 0.25) is 5.02 Å².